The molecule has 3 nitrogen and oxygen atoms in total. The number of nitrogens with one attached hydrogen (secondary N) is 1. The lowest BCUT2D eigenvalue weighted by Crippen LogP contribution is -2.16. The van der Waals surface area contributed by atoms with E-state index >= 15 is 0 Å². The van der Waals surface area contributed by atoms with Gasteiger partial charge in [0.1, 0.15) is 0 Å². The van der Waals surface area contributed by atoms with Crippen molar-refractivity contribution < 1.29 is 0 Å². The lowest BCUT2D eigenvalue weighted by atomic mass is 10.1. The molecule has 4 heteroatoms. The Labute approximate surface area is 125 Å². The summed E-state index contributed by atoms with van der Waals surface area (Å²) in [5.74, 6) is 2.37. The van der Waals surface area contributed by atoms with Crippen molar-refractivity contribution in [2.45, 2.75) is 33.2 Å². The number of anilines is 2. The highest BCUT2D eigenvalue weighted by Gasteiger charge is 2.08. The molecule has 0 saturated heterocycles. The highest BCUT2D eigenvalue weighted by atomic mass is 32.2. The van der Waals surface area contributed by atoms with Gasteiger partial charge in [-0.1, -0.05) is 6.92 Å². The minimum absolute atomic E-state index is 0.445. The van der Waals surface area contributed by atoms with E-state index in [9.17, 15) is 0 Å². The zero-order valence-electron chi connectivity index (χ0n) is 12.4. The molecule has 2 aromatic rings. The number of thioether (sulfide) groups is 1. The molecule has 0 radical (unpaired) electrons. The number of nitrogen functional groups attached to an aromatic ring is 1. The summed E-state index contributed by atoms with van der Waals surface area (Å²) in [6.07, 6.45) is 1.16. The molecule has 3 N–H and O–H groups in total. The summed E-state index contributed by atoms with van der Waals surface area (Å²) in [6, 6.07) is 8.43. The molecule has 1 heterocycles. The van der Waals surface area contributed by atoms with Crippen LogP contribution in [-0.2, 0) is 0 Å². The van der Waals surface area contributed by atoms with Gasteiger partial charge in [-0.05, 0) is 56.0 Å². The van der Waals surface area contributed by atoms with Crippen LogP contribution >= 0.6 is 11.8 Å². The Morgan fingerprint density at radius 1 is 1.35 bits per heavy atom. The molecule has 0 fully saturated rings. The average Bonchev–Trinajstić information content (AvgIpc) is 2.40. The topological polar surface area (TPSA) is 50.9 Å². The zero-order valence-corrected chi connectivity index (χ0v) is 13.3. The van der Waals surface area contributed by atoms with Crippen molar-refractivity contribution in [1.29, 1.82) is 0 Å². The fraction of sp³-hybridized carbons (Fsp3) is 0.438. The Bertz CT molecular complexity index is 583. The van der Waals surface area contributed by atoms with Crippen LogP contribution in [0.25, 0.3) is 10.9 Å². The molecule has 1 aromatic carbocycles. The van der Waals surface area contributed by atoms with Crippen molar-refractivity contribution in [1.82, 2.24) is 4.98 Å². The zero-order chi connectivity index (χ0) is 14.5. The van der Waals surface area contributed by atoms with Crippen LogP contribution in [0.1, 0.15) is 26.0 Å². The fourth-order valence-electron chi connectivity index (χ4n) is 2.24. The molecular formula is C16H23N3S. The second kappa shape index (κ2) is 6.84. The summed E-state index contributed by atoms with van der Waals surface area (Å²) < 4.78 is 0. The van der Waals surface area contributed by atoms with E-state index in [2.05, 4.69) is 30.2 Å². The molecule has 0 amide bonds. The lowest BCUT2D eigenvalue weighted by molar-refractivity contribution is 0.772. The van der Waals surface area contributed by atoms with E-state index in [0.717, 1.165) is 34.4 Å². The standard InChI is InChI=1S/C16H23N3S/c1-4-20-8-7-11(2)18-16-9-12(3)19-15-6-5-13(17)10-14(15)16/h5-6,9-11H,4,7-8,17H2,1-3H3,(H,18,19). The summed E-state index contributed by atoms with van der Waals surface area (Å²) in [7, 11) is 0. The van der Waals surface area contributed by atoms with E-state index in [1.807, 2.05) is 36.9 Å². The van der Waals surface area contributed by atoms with Crippen LogP contribution in [0.2, 0.25) is 0 Å². The first-order valence-corrected chi connectivity index (χ1v) is 8.26. The third-order valence-electron chi connectivity index (χ3n) is 3.26. The molecule has 1 unspecified atom stereocenters. The molecule has 0 bridgehead atoms. The number of nitrogens with two attached hydrogens (primary N) is 1. The number of hydrogen-bond donors (Lipinski definition) is 2. The Kier molecular flexibility index (Phi) is 5.12. The number of rotatable bonds is 6. The molecule has 0 aliphatic rings. The third-order valence-corrected chi connectivity index (χ3v) is 4.19. The Hall–Kier alpha value is -1.42. The number of pyridine rings is 1. The molecule has 1 atom stereocenters. The minimum atomic E-state index is 0.445. The molecular weight excluding hydrogens is 266 g/mol. The second-order valence-electron chi connectivity index (χ2n) is 5.12. The first-order chi connectivity index (χ1) is 9.60. The Balaban J connectivity index is 2.22. The van der Waals surface area contributed by atoms with Crippen LogP contribution < -0.4 is 11.1 Å². The minimum Gasteiger partial charge on any atom is -0.399 e. The predicted molar refractivity (Wildman–Crippen MR) is 91.6 cm³/mol. The quantitative estimate of drug-likeness (QED) is 0.622. The third kappa shape index (κ3) is 3.79. The van der Waals surface area contributed by atoms with Crippen LogP contribution in [0, 0.1) is 6.92 Å². The molecule has 0 saturated carbocycles. The Morgan fingerprint density at radius 3 is 2.90 bits per heavy atom. The number of hydrogen-bond acceptors (Lipinski definition) is 4. The van der Waals surface area contributed by atoms with Gasteiger partial charge in [0.05, 0.1) is 5.52 Å². The van der Waals surface area contributed by atoms with Crippen molar-refractivity contribution in [3.63, 3.8) is 0 Å². The van der Waals surface area contributed by atoms with E-state index in [-0.39, 0.29) is 0 Å². The van der Waals surface area contributed by atoms with Crippen molar-refractivity contribution >= 4 is 34.0 Å². The molecule has 0 aliphatic heterocycles. The molecule has 2 rings (SSSR count). The Morgan fingerprint density at radius 2 is 2.15 bits per heavy atom. The van der Waals surface area contributed by atoms with Gasteiger partial charge in [-0.15, -0.1) is 0 Å². The molecule has 0 aliphatic carbocycles. The van der Waals surface area contributed by atoms with Crippen molar-refractivity contribution in [3.8, 4) is 0 Å². The normalized spacial score (nSPS) is 12.6. The predicted octanol–water partition coefficient (Wildman–Crippen LogP) is 4.07. The maximum absolute atomic E-state index is 5.90. The number of nitrogens with zero attached hydrogens (tertiary/aromatic N) is 1. The highest BCUT2D eigenvalue weighted by molar-refractivity contribution is 7.99. The van der Waals surface area contributed by atoms with Gasteiger partial charge >= 0.3 is 0 Å². The molecule has 20 heavy (non-hydrogen) atoms. The first kappa shape index (κ1) is 15.0. The maximum atomic E-state index is 5.90. The van der Waals surface area contributed by atoms with E-state index in [0.29, 0.717) is 6.04 Å². The van der Waals surface area contributed by atoms with Crippen molar-refractivity contribution in [3.05, 3.63) is 30.0 Å². The smallest absolute Gasteiger partial charge is 0.0727 e. The monoisotopic (exact) mass is 289 g/mol. The summed E-state index contributed by atoms with van der Waals surface area (Å²) >= 11 is 1.98. The van der Waals surface area contributed by atoms with E-state index in [1.165, 1.54) is 11.5 Å². The van der Waals surface area contributed by atoms with E-state index < -0.39 is 0 Å². The number of aromatic nitrogens is 1. The number of benzene rings is 1. The van der Waals surface area contributed by atoms with Crippen LogP contribution in [0.4, 0.5) is 11.4 Å². The van der Waals surface area contributed by atoms with Gasteiger partial charge in [-0.2, -0.15) is 11.8 Å². The number of fused-ring (bicyclic) bond motifs is 1. The van der Waals surface area contributed by atoms with Gasteiger partial charge < -0.3 is 11.1 Å². The number of aryl methyl sites for hydroxylation is 1. The first-order valence-electron chi connectivity index (χ1n) is 7.11. The van der Waals surface area contributed by atoms with Gasteiger partial charge in [-0.25, -0.2) is 0 Å². The largest absolute Gasteiger partial charge is 0.399 e. The van der Waals surface area contributed by atoms with Gasteiger partial charge in [0.2, 0.25) is 0 Å². The van der Waals surface area contributed by atoms with Crippen molar-refractivity contribution in [2.75, 3.05) is 22.6 Å². The van der Waals surface area contributed by atoms with Crippen LogP contribution in [0.3, 0.4) is 0 Å². The fourth-order valence-corrected chi connectivity index (χ4v) is 3.05. The second-order valence-corrected chi connectivity index (χ2v) is 6.51. The van der Waals surface area contributed by atoms with Gasteiger partial charge in [0, 0.05) is 28.5 Å². The van der Waals surface area contributed by atoms with Crippen LogP contribution in [0.15, 0.2) is 24.3 Å². The van der Waals surface area contributed by atoms with Gasteiger partial charge in [0.25, 0.3) is 0 Å². The summed E-state index contributed by atoms with van der Waals surface area (Å²) in [6.45, 7) is 6.45. The van der Waals surface area contributed by atoms with E-state index in [4.69, 9.17) is 5.73 Å². The van der Waals surface area contributed by atoms with E-state index in [1.54, 1.807) is 0 Å². The summed E-state index contributed by atoms with van der Waals surface area (Å²) in [5, 5.41) is 4.71. The lowest BCUT2D eigenvalue weighted by Gasteiger charge is -2.17. The molecule has 1 aromatic heterocycles. The molecule has 108 valence electrons. The highest BCUT2D eigenvalue weighted by Crippen LogP contribution is 2.26. The van der Waals surface area contributed by atoms with Crippen LogP contribution in [0.5, 0.6) is 0 Å². The van der Waals surface area contributed by atoms with Crippen molar-refractivity contribution in [2.24, 2.45) is 0 Å². The SMILES string of the molecule is CCSCCC(C)Nc1cc(C)nc2ccc(N)cc12. The summed E-state index contributed by atoms with van der Waals surface area (Å²) in [5.41, 5.74) is 9.84. The maximum Gasteiger partial charge on any atom is 0.0727 e. The summed E-state index contributed by atoms with van der Waals surface area (Å²) in [4.78, 5) is 4.56. The van der Waals surface area contributed by atoms with Gasteiger partial charge in [-0.3, -0.25) is 4.98 Å². The average molecular weight is 289 g/mol. The molecule has 0 spiro atoms. The van der Waals surface area contributed by atoms with Gasteiger partial charge in [0.15, 0.2) is 0 Å². The van der Waals surface area contributed by atoms with Crippen LogP contribution in [-0.4, -0.2) is 22.5 Å².